The van der Waals surface area contributed by atoms with Crippen LogP contribution < -0.4 is 139 Å². The zero-order chi connectivity index (χ0) is 42.7. The molecule has 5 heterocycles. The zero-order valence-electron chi connectivity index (χ0n) is 35.6. The van der Waals surface area contributed by atoms with Crippen molar-refractivity contribution in [1.29, 1.82) is 0 Å². The Balaban J connectivity index is 0.000000433. The fraction of sp³-hybridized carbons (Fsp3) is 0. The number of carboxylic acid groups (broad SMARTS) is 4. The molecule has 3 aromatic heterocycles. The van der Waals surface area contributed by atoms with Gasteiger partial charge in [0.15, 0.2) is 0 Å². The summed E-state index contributed by atoms with van der Waals surface area (Å²) in [6.45, 7) is 0. The molecule has 2 aliphatic heterocycles. The minimum absolute atomic E-state index is 0. The van der Waals surface area contributed by atoms with E-state index in [2.05, 4.69) is 44.2 Å². The van der Waals surface area contributed by atoms with Gasteiger partial charge in [-0.15, -0.1) is 0 Å². The Morgan fingerprint density at radius 1 is 0.312 bits per heavy atom. The van der Waals surface area contributed by atoms with Crippen molar-refractivity contribution in [1.82, 2.24) is 19.9 Å². The second kappa shape index (κ2) is 30.5. The molecule has 2 N–H and O–H groups in total. The number of benzene rings is 4. The molecular formula is C48H34N4Na4O8. The number of rotatable bonds is 4. The fourth-order valence-electron chi connectivity index (χ4n) is 5.24. The van der Waals surface area contributed by atoms with Crippen LogP contribution in [-0.2, 0) is 0 Å². The summed E-state index contributed by atoms with van der Waals surface area (Å²) in [6, 6.07) is 48.6. The first-order valence-electron chi connectivity index (χ1n) is 18.1. The second-order valence-electron chi connectivity index (χ2n) is 12.5. The van der Waals surface area contributed by atoms with Gasteiger partial charge in [0, 0.05) is 22.1 Å². The van der Waals surface area contributed by atoms with E-state index in [1.807, 2.05) is 48.6 Å². The van der Waals surface area contributed by atoms with E-state index in [-0.39, 0.29) is 140 Å². The van der Waals surface area contributed by atoms with Crippen molar-refractivity contribution >= 4 is 70.2 Å². The number of aromatic amines is 2. The van der Waals surface area contributed by atoms with E-state index >= 15 is 0 Å². The number of carbonyl (C=O) groups excluding carboxylic acids is 4. The number of aromatic nitrogens is 4. The van der Waals surface area contributed by atoms with E-state index in [1.165, 1.54) is 48.5 Å². The number of carboxylic acids is 4. The normalized spacial score (nSPS) is 9.75. The number of nitrogens with one attached hydrogen (secondary N) is 2. The van der Waals surface area contributed by atoms with Crippen LogP contribution in [0, 0.1) is 0 Å². The van der Waals surface area contributed by atoms with Gasteiger partial charge in [0.2, 0.25) is 0 Å². The van der Waals surface area contributed by atoms with Crippen LogP contribution in [0.25, 0.3) is 46.4 Å². The number of hydrogen-bond acceptors (Lipinski definition) is 10. The summed E-state index contributed by atoms with van der Waals surface area (Å²) in [5.41, 5.74) is 8.74. The maximum absolute atomic E-state index is 10.1. The summed E-state index contributed by atoms with van der Waals surface area (Å²) in [5.74, 6) is -4.52. The summed E-state index contributed by atoms with van der Waals surface area (Å²) in [4.78, 5) is 56.4. The van der Waals surface area contributed by atoms with Gasteiger partial charge in [0.05, 0.1) is 46.7 Å². The largest absolute Gasteiger partial charge is 1.00 e. The van der Waals surface area contributed by atoms with Crippen LogP contribution in [0.5, 0.6) is 0 Å². The number of H-pyrrole nitrogens is 2. The molecule has 298 valence electrons. The van der Waals surface area contributed by atoms with Crippen molar-refractivity contribution in [2.75, 3.05) is 0 Å². The van der Waals surface area contributed by atoms with Crippen molar-refractivity contribution in [2.24, 2.45) is 0 Å². The minimum Gasteiger partial charge on any atom is -0.545 e. The van der Waals surface area contributed by atoms with E-state index < -0.39 is 23.9 Å². The summed E-state index contributed by atoms with van der Waals surface area (Å²) < 4.78 is 0. The molecule has 16 heteroatoms. The summed E-state index contributed by atoms with van der Waals surface area (Å²) in [5, 5.41) is 40.4. The van der Waals surface area contributed by atoms with Gasteiger partial charge in [-0.05, 0) is 95.1 Å². The molecule has 7 aromatic rings. The van der Waals surface area contributed by atoms with Crippen molar-refractivity contribution in [3.05, 3.63) is 215 Å². The van der Waals surface area contributed by atoms with Crippen LogP contribution in [0.4, 0.5) is 0 Å². The van der Waals surface area contributed by atoms with Gasteiger partial charge in [0.25, 0.3) is 0 Å². The molecule has 0 spiro atoms. The third kappa shape index (κ3) is 20.0. The average molecular weight is 887 g/mol. The van der Waals surface area contributed by atoms with Gasteiger partial charge in [-0.1, -0.05) is 121 Å². The predicted octanol–water partition coefficient (Wildman–Crippen LogP) is -7.13. The van der Waals surface area contributed by atoms with Gasteiger partial charge in [-0.3, -0.25) is 0 Å². The van der Waals surface area contributed by atoms with Crippen LogP contribution in [0.3, 0.4) is 0 Å². The van der Waals surface area contributed by atoms with Gasteiger partial charge in [-0.2, -0.15) is 0 Å². The maximum atomic E-state index is 10.1. The smallest absolute Gasteiger partial charge is 0.545 e. The molecule has 0 saturated heterocycles. The molecule has 64 heavy (non-hydrogen) atoms. The summed E-state index contributed by atoms with van der Waals surface area (Å²) >= 11 is 0. The Labute approximate surface area is 457 Å². The molecule has 0 aliphatic carbocycles. The van der Waals surface area contributed by atoms with Crippen LogP contribution >= 0.6 is 0 Å². The molecule has 0 unspecified atom stereocenters. The molecular weight excluding hydrogens is 853 g/mol. The van der Waals surface area contributed by atoms with Crippen LogP contribution in [0.15, 0.2) is 170 Å². The van der Waals surface area contributed by atoms with Crippen LogP contribution in [0.2, 0.25) is 0 Å². The molecule has 8 bridgehead atoms. The topological polar surface area (TPSA) is 218 Å². The molecule has 0 fully saturated rings. The van der Waals surface area contributed by atoms with Crippen LogP contribution in [-0.4, -0.2) is 43.8 Å². The molecule has 2 aliphatic rings. The standard InChI is InChI=1S/C20H14N4.4C7H6O2.4Na/c1-2-14-10-16-5-6-18(23-16)12-20-8-7-19(24-20)11-17-4-3-15(22-17)9-13(1)21-14;4*8-7(9)6-4-2-1-3-5-6;;;;/h1-12,21,24H;4*1-5H,(H,8,9);;;;/q;;;;;4*+1/p-4. The first-order chi connectivity index (χ1) is 29.0. The molecule has 12 nitrogen and oxygen atoms in total. The number of nitrogens with zero attached hydrogens (tertiary/aromatic N) is 2. The molecule has 0 saturated carbocycles. The Hall–Kier alpha value is -4.64. The predicted molar refractivity (Wildman–Crippen MR) is 222 cm³/mol. The van der Waals surface area contributed by atoms with Crippen molar-refractivity contribution in [3.63, 3.8) is 0 Å². The fourth-order valence-corrected chi connectivity index (χ4v) is 5.24. The van der Waals surface area contributed by atoms with E-state index in [0.717, 1.165) is 44.8 Å². The molecule has 0 amide bonds. The summed E-state index contributed by atoms with van der Waals surface area (Å²) in [7, 11) is 0. The molecule has 4 aromatic carbocycles. The van der Waals surface area contributed by atoms with Gasteiger partial charge in [-0.25, -0.2) is 9.97 Å². The second-order valence-corrected chi connectivity index (χ2v) is 12.5. The van der Waals surface area contributed by atoms with Crippen molar-refractivity contribution in [3.8, 4) is 0 Å². The summed E-state index contributed by atoms with van der Waals surface area (Å²) in [6.07, 6.45) is 8.09. The van der Waals surface area contributed by atoms with Crippen molar-refractivity contribution in [2.45, 2.75) is 0 Å². The zero-order valence-corrected chi connectivity index (χ0v) is 43.6. The van der Waals surface area contributed by atoms with Crippen LogP contribution in [0.1, 0.15) is 64.2 Å². The Kier molecular flexibility index (Phi) is 27.3. The van der Waals surface area contributed by atoms with E-state index in [1.54, 1.807) is 72.8 Å². The van der Waals surface area contributed by atoms with E-state index in [9.17, 15) is 39.6 Å². The number of carbonyl (C=O) groups is 4. The molecule has 0 radical (unpaired) electrons. The van der Waals surface area contributed by atoms with E-state index in [4.69, 9.17) is 0 Å². The Bertz CT molecular complexity index is 2410. The molecule has 0 atom stereocenters. The van der Waals surface area contributed by atoms with Gasteiger partial charge in [0.1, 0.15) is 0 Å². The quantitative estimate of drug-likeness (QED) is 0.159. The number of aromatic carboxylic acids is 4. The third-order valence-electron chi connectivity index (χ3n) is 8.08. The van der Waals surface area contributed by atoms with Gasteiger partial charge >= 0.3 is 118 Å². The third-order valence-corrected chi connectivity index (χ3v) is 8.08. The monoisotopic (exact) mass is 886 g/mol. The first kappa shape index (κ1) is 57.4. The minimum atomic E-state index is -1.13. The van der Waals surface area contributed by atoms with Crippen molar-refractivity contribution < 1.29 is 158 Å². The average Bonchev–Trinajstić information content (AvgIpc) is 4.11. The van der Waals surface area contributed by atoms with E-state index in [0.29, 0.717) is 0 Å². The Morgan fingerprint density at radius 3 is 0.656 bits per heavy atom. The first-order valence-corrected chi connectivity index (χ1v) is 18.1. The molecule has 9 rings (SSSR count). The number of hydrogen-bond donors (Lipinski definition) is 2. The van der Waals surface area contributed by atoms with Gasteiger partial charge < -0.3 is 49.6 Å². The number of fused-ring (bicyclic) bond motifs is 8. The Morgan fingerprint density at radius 2 is 0.500 bits per heavy atom. The maximum Gasteiger partial charge on any atom is 1.00 e. The SMILES string of the molecule is C1=Cc2cc3ccc(cc4nc(cc5ccc(cc1n2)[nH]5)C=C4)[nH]3.O=C([O-])c1ccccc1.O=C([O-])c1ccccc1.O=C([O-])c1ccccc1.O=C([O-])c1ccccc1.[Na+].[Na+].[Na+].[Na+].